The van der Waals surface area contributed by atoms with Crippen LogP contribution < -0.4 is 3.55 Å². The molecular formula is C6H3LiS2. The molecule has 0 radical (unpaired) electrons. The molecule has 2 heterocycles. The summed E-state index contributed by atoms with van der Waals surface area (Å²) < 4.78 is 4.27. The van der Waals surface area contributed by atoms with Crippen LogP contribution >= 0.6 is 22.7 Å². The van der Waals surface area contributed by atoms with Gasteiger partial charge in [0.05, 0.1) is 0 Å². The molecule has 40 valence electrons. The van der Waals surface area contributed by atoms with Crippen molar-refractivity contribution in [2.75, 3.05) is 0 Å². The monoisotopic (exact) mass is 146 g/mol. The molecule has 0 aromatic carbocycles. The Kier molecular flexibility index (Phi) is 1.43. The molecule has 0 nitrogen and oxygen atoms in total. The van der Waals surface area contributed by atoms with Gasteiger partial charge in [-0.3, -0.25) is 0 Å². The molecule has 0 fully saturated rings. The topological polar surface area (TPSA) is 0 Å². The molecule has 0 aliphatic rings. The minimum atomic E-state index is 1.41. The first-order chi connectivity index (χ1) is 4.36. The number of fused-ring (bicyclic) bond motifs is 1. The fraction of sp³-hybridized carbons (Fsp3) is 0. The van der Waals surface area contributed by atoms with Crippen LogP contribution in [0.5, 0.6) is 0 Å². The van der Waals surface area contributed by atoms with E-state index in [9.17, 15) is 0 Å². The van der Waals surface area contributed by atoms with Crippen molar-refractivity contribution >= 4 is 53.3 Å². The van der Waals surface area contributed by atoms with Gasteiger partial charge in [0.15, 0.2) is 0 Å². The summed E-state index contributed by atoms with van der Waals surface area (Å²) in [5.41, 5.74) is 0. The van der Waals surface area contributed by atoms with Crippen LogP contribution in [0, 0.1) is 0 Å². The first-order valence-corrected chi connectivity index (χ1v) is 4.49. The molecule has 0 aliphatic heterocycles. The van der Waals surface area contributed by atoms with Crippen molar-refractivity contribution in [2.45, 2.75) is 0 Å². The SMILES string of the molecule is [Li][c]1cc2sccc2s1. The maximum atomic E-state index is 2.24. The van der Waals surface area contributed by atoms with E-state index in [0.29, 0.717) is 0 Å². The number of rotatable bonds is 0. The zero-order chi connectivity index (χ0) is 6.27. The van der Waals surface area contributed by atoms with Gasteiger partial charge in [0, 0.05) is 0 Å². The third kappa shape index (κ3) is 0.970. The van der Waals surface area contributed by atoms with Gasteiger partial charge in [-0.15, -0.1) is 0 Å². The average Bonchev–Trinajstić information content (AvgIpc) is 2.22. The van der Waals surface area contributed by atoms with Crippen molar-refractivity contribution in [1.29, 1.82) is 0 Å². The van der Waals surface area contributed by atoms with Crippen molar-refractivity contribution in [1.82, 2.24) is 0 Å². The van der Waals surface area contributed by atoms with E-state index >= 15 is 0 Å². The third-order valence-electron chi connectivity index (χ3n) is 1.26. The van der Waals surface area contributed by atoms with Gasteiger partial charge < -0.3 is 0 Å². The van der Waals surface area contributed by atoms with Gasteiger partial charge in [-0.1, -0.05) is 0 Å². The summed E-state index contributed by atoms with van der Waals surface area (Å²) >= 11 is 5.84. The number of hydrogen-bond acceptors (Lipinski definition) is 2. The van der Waals surface area contributed by atoms with Crippen LogP contribution in [0.2, 0.25) is 0 Å². The second kappa shape index (κ2) is 2.14. The fourth-order valence-electron chi connectivity index (χ4n) is 0.886. The predicted molar refractivity (Wildman–Crippen MR) is 45.1 cm³/mol. The quantitative estimate of drug-likeness (QED) is 0.497. The Morgan fingerprint density at radius 3 is 3.00 bits per heavy atom. The van der Waals surface area contributed by atoms with E-state index in [1.165, 1.54) is 13.0 Å². The van der Waals surface area contributed by atoms with E-state index in [4.69, 9.17) is 0 Å². The molecule has 0 N–H and O–H groups in total. The van der Waals surface area contributed by atoms with Gasteiger partial charge in [0.2, 0.25) is 0 Å². The summed E-state index contributed by atoms with van der Waals surface area (Å²) in [5.74, 6) is 0. The van der Waals surface area contributed by atoms with Gasteiger partial charge in [-0.05, 0) is 0 Å². The van der Waals surface area contributed by atoms with Crippen molar-refractivity contribution in [3.63, 3.8) is 0 Å². The first-order valence-electron chi connectivity index (χ1n) is 2.80. The van der Waals surface area contributed by atoms with Crippen LogP contribution in [-0.4, -0.2) is 17.7 Å². The summed E-state index contributed by atoms with van der Waals surface area (Å²) in [4.78, 5) is 0. The Hall–Kier alpha value is 0.257. The van der Waals surface area contributed by atoms with E-state index in [1.807, 2.05) is 22.7 Å². The van der Waals surface area contributed by atoms with E-state index in [1.54, 1.807) is 0 Å². The molecule has 0 atom stereocenters. The third-order valence-corrected chi connectivity index (χ3v) is 3.27. The molecule has 0 spiro atoms. The summed E-state index contributed by atoms with van der Waals surface area (Å²) in [7, 11) is 0. The van der Waals surface area contributed by atoms with Crippen LogP contribution in [0.1, 0.15) is 0 Å². The number of hydrogen-bond donors (Lipinski definition) is 0. The molecule has 0 saturated heterocycles. The van der Waals surface area contributed by atoms with Crippen molar-refractivity contribution in [2.24, 2.45) is 0 Å². The predicted octanol–water partition coefficient (Wildman–Crippen LogP) is 1.76. The Labute approximate surface area is 70.7 Å². The van der Waals surface area contributed by atoms with E-state index in [0.717, 1.165) is 0 Å². The van der Waals surface area contributed by atoms with E-state index in [2.05, 4.69) is 35.2 Å². The standard InChI is InChI=1S/C6H3S2.Li/c1-3-7-6-2-4-8-5(1)6;/h1-3H;. The van der Waals surface area contributed by atoms with Crippen molar-refractivity contribution in [3.8, 4) is 0 Å². The Bertz CT molecular complexity index is 292. The van der Waals surface area contributed by atoms with Crippen LogP contribution in [0.4, 0.5) is 0 Å². The minimum absolute atomic E-state index is 1.41. The summed E-state index contributed by atoms with van der Waals surface area (Å²) in [6.45, 7) is 0. The van der Waals surface area contributed by atoms with E-state index in [-0.39, 0.29) is 0 Å². The van der Waals surface area contributed by atoms with Crippen LogP contribution in [0.25, 0.3) is 9.40 Å². The summed E-state index contributed by atoms with van der Waals surface area (Å²) in [5, 5.41) is 2.14. The molecule has 0 bridgehead atoms. The van der Waals surface area contributed by atoms with Gasteiger partial charge in [0.1, 0.15) is 0 Å². The van der Waals surface area contributed by atoms with Crippen molar-refractivity contribution < 1.29 is 0 Å². The molecule has 0 amide bonds. The fourth-order valence-corrected chi connectivity index (χ4v) is 2.92. The molecular weight excluding hydrogens is 143 g/mol. The van der Waals surface area contributed by atoms with Gasteiger partial charge in [0.25, 0.3) is 0 Å². The van der Waals surface area contributed by atoms with Gasteiger partial charge in [-0.2, -0.15) is 0 Å². The van der Waals surface area contributed by atoms with Gasteiger partial charge in [-0.25, -0.2) is 0 Å². The molecule has 0 unspecified atom stereocenters. The molecule has 2 rings (SSSR count). The molecule has 0 saturated carbocycles. The van der Waals surface area contributed by atoms with Crippen LogP contribution in [-0.2, 0) is 0 Å². The molecule has 9 heavy (non-hydrogen) atoms. The normalized spacial score (nSPS) is 10.9. The first kappa shape index (κ1) is 6.00. The van der Waals surface area contributed by atoms with Crippen LogP contribution in [0.3, 0.4) is 0 Å². The van der Waals surface area contributed by atoms with Crippen LogP contribution in [0.15, 0.2) is 17.5 Å². The number of thiophene rings is 2. The maximum absolute atomic E-state index is 2.24. The second-order valence-corrected chi connectivity index (χ2v) is 4.24. The zero-order valence-corrected chi connectivity index (χ0v) is 6.68. The van der Waals surface area contributed by atoms with Gasteiger partial charge >= 0.3 is 70.9 Å². The Balaban J connectivity index is 2.92. The molecule has 2 aromatic heterocycles. The Morgan fingerprint density at radius 1 is 1.33 bits per heavy atom. The summed E-state index contributed by atoms with van der Waals surface area (Å²) in [6, 6.07) is 4.42. The van der Waals surface area contributed by atoms with E-state index < -0.39 is 0 Å². The second-order valence-electron chi connectivity index (χ2n) is 2.01. The zero-order valence-electron chi connectivity index (χ0n) is 5.05. The molecule has 3 heteroatoms. The Morgan fingerprint density at radius 2 is 2.22 bits per heavy atom. The average molecular weight is 146 g/mol. The summed E-state index contributed by atoms with van der Waals surface area (Å²) in [6.07, 6.45) is 0. The molecule has 2 aromatic rings. The molecule has 0 aliphatic carbocycles. The van der Waals surface area contributed by atoms with Crippen molar-refractivity contribution in [3.05, 3.63) is 17.5 Å².